The predicted octanol–water partition coefficient (Wildman–Crippen LogP) is 2.75. The van der Waals surface area contributed by atoms with E-state index in [1.54, 1.807) is 24.5 Å². The highest BCUT2D eigenvalue weighted by Crippen LogP contribution is 2.29. The third-order valence-corrected chi connectivity index (χ3v) is 3.78. The van der Waals surface area contributed by atoms with Gasteiger partial charge in [-0.05, 0) is 43.4 Å². The third kappa shape index (κ3) is 3.74. The zero-order valence-electron chi connectivity index (χ0n) is 12.7. The average molecular weight is 314 g/mol. The zero-order valence-corrected chi connectivity index (χ0v) is 12.7. The largest absolute Gasteiger partial charge is 0.490 e. The molecule has 2 heterocycles. The topological polar surface area (TPSA) is 90.2 Å². The lowest BCUT2D eigenvalue weighted by Crippen LogP contribution is -2.16. The first-order chi connectivity index (χ1) is 11.2. The summed E-state index contributed by atoms with van der Waals surface area (Å²) in [6, 6.07) is 5.26. The molecule has 0 bridgehead atoms. The number of hydrogen-bond donors (Lipinski definition) is 1. The van der Waals surface area contributed by atoms with Crippen LogP contribution in [0.4, 0.5) is 11.5 Å². The molecule has 2 aromatic rings. The molecular formula is C16H18N4O3. The summed E-state index contributed by atoms with van der Waals surface area (Å²) >= 11 is 0. The number of aryl methyl sites for hydroxylation is 2. The van der Waals surface area contributed by atoms with Crippen molar-refractivity contribution in [3.05, 3.63) is 52.0 Å². The van der Waals surface area contributed by atoms with Gasteiger partial charge in [0, 0.05) is 18.0 Å². The van der Waals surface area contributed by atoms with E-state index in [2.05, 4.69) is 15.3 Å². The molecule has 1 aliphatic rings. The van der Waals surface area contributed by atoms with E-state index in [-0.39, 0.29) is 10.6 Å². The van der Waals surface area contributed by atoms with Crippen LogP contribution in [0.5, 0.6) is 5.75 Å². The van der Waals surface area contributed by atoms with E-state index in [9.17, 15) is 10.1 Å². The van der Waals surface area contributed by atoms with Crippen molar-refractivity contribution in [2.45, 2.75) is 25.7 Å². The number of pyridine rings is 2. The standard InChI is InChI=1S/C16H18N4O3/c21-20(22)15-10-12-4-1-2-6-14(12)19-16(15)18-8-9-23-13-5-3-7-17-11-13/h3,5,7,10-11H,1-2,4,6,8-9H2,(H,18,19). The summed E-state index contributed by atoms with van der Waals surface area (Å²) in [4.78, 5) is 19.3. The molecule has 0 saturated carbocycles. The first-order valence-corrected chi connectivity index (χ1v) is 7.68. The van der Waals surface area contributed by atoms with Gasteiger partial charge in [0.15, 0.2) is 0 Å². The van der Waals surface area contributed by atoms with Crippen molar-refractivity contribution in [2.75, 3.05) is 18.5 Å². The minimum Gasteiger partial charge on any atom is -0.490 e. The highest BCUT2D eigenvalue weighted by atomic mass is 16.6. The van der Waals surface area contributed by atoms with Crippen LogP contribution in [0.25, 0.3) is 0 Å². The van der Waals surface area contributed by atoms with Crippen molar-refractivity contribution in [1.29, 1.82) is 0 Å². The highest BCUT2D eigenvalue weighted by molar-refractivity contribution is 5.58. The summed E-state index contributed by atoms with van der Waals surface area (Å²) < 4.78 is 5.52. The molecule has 7 nitrogen and oxygen atoms in total. The number of rotatable bonds is 6. The molecule has 0 saturated heterocycles. The molecule has 2 aromatic heterocycles. The minimum atomic E-state index is -0.383. The van der Waals surface area contributed by atoms with E-state index in [1.165, 1.54) is 0 Å². The van der Waals surface area contributed by atoms with Crippen molar-refractivity contribution in [1.82, 2.24) is 9.97 Å². The van der Waals surface area contributed by atoms with Gasteiger partial charge in [-0.25, -0.2) is 4.98 Å². The fourth-order valence-electron chi connectivity index (χ4n) is 2.66. The molecule has 120 valence electrons. The Bertz CT molecular complexity index is 691. The molecule has 1 N–H and O–H groups in total. The number of nitrogens with zero attached hydrogens (tertiary/aromatic N) is 3. The molecule has 0 amide bonds. The zero-order chi connectivity index (χ0) is 16.1. The van der Waals surface area contributed by atoms with Crippen LogP contribution in [0, 0.1) is 10.1 Å². The highest BCUT2D eigenvalue weighted by Gasteiger charge is 2.21. The van der Waals surface area contributed by atoms with Crippen LogP contribution in [0.2, 0.25) is 0 Å². The fourth-order valence-corrected chi connectivity index (χ4v) is 2.66. The van der Waals surface area contributed by atoms with Crippen LogP contribution in [0.1, 0.15) is 24.1 Å². The van der Waals surface area contributed by atoms with Gasteiger partial charge in [0.05, 0.1) is 17.7 Å². The number of fused-ring (bicyclic) bond motifs is 1. The normalized spacial score (nSPS) is 13.2. The number of anilines is 1. The monoisotopic (exact) mass is 314 g/mol. The maximum atomic E-state index is 11.2. The van der Waals surface area contributed by atoms with Crippen LogP contribution < -0.4 is 10.1 Å². The second-order valence-electron chi connectivity index (χ2n) is 5.39. The Balaban J connectivity index is 1.65. The van der Waals surface area contributed by atoms with Crippen molar-refractivity contribution in [3.63, 3.8) is 0 Å². The average Bonchev–Trinajstić information content (AvgIpc) is 2.59. The van der Waals surface area contributed by atoms with Crippen molar-refractivity contribution in [2.24, 2.45) is 0 Å². The van der Waals surface area contributed by atoms with Gasteiger partial charge in [0.2, 0.25) is 5.82 Å². The number of ether oxygens (including phenoxy) is 1. The first kappa shape index (κ1) is 15.2. The van der Waals surface area contributed by atoms with Gasteiger partial charge in [-0.1, -0.05) is 0 Å². The van der Waals surface area contributed by atoms with Gasteiger partial charge in [-0.3, -0.25) is 15.1 Å². The smallest absolute Gasteiger partial charge is 0.311 e. The fraction of sp³-hybridized carbons (Fsp3) is 0.375. The van der Waals surface area contributed by atoms with Crippen molar-refractivity contribution >= 4 is 11.5 Å². The van der Waals surface area contributed by atoms with Gasteiger partial charge in [0.25, 0.3) is 0 Å². The third-order valence-electron chi connectivity index (χ3n) is 3.78. The van der Waals surface area contributed by atoms with E-state index in [1.807, 2.05) is 6.07 Å². The van der Waals surface area contributed by atoms with Crippen LogP contribution in [0.3, 0.4) is 0 Å². The SMILES string of the molecule is O=[N+]([O-])c1cc2c(nc1NCCOc1cccnc1)CCCC2. The molecule has 1 aliphatic carbocycles. The molecule has 0 aromatic carbocycles. The van der Waals surface area contributed by atoms with Gasteiger partial charge in [-0.2, -0.15) is 0 Å². The predicted molar refractivity (Wildman–Crippen MR) is 85.8 cm³/mol. The summed E-state index contributed by atoms with van der Waals surface area (Å²) in [7, 11) is 0. The van der Waals surface area contributed by atoms with E-state index in [0.29, 0.717) is 24.7 Å². The van der Waals surface area contributed by atoms with E-state index >= 15 is 0 Å². The molecule has 0 radical (unpaired) electrons. The summed E-state index contributed by atoms with van der Waals surface area (Å²) in [6.07, 6.45) is 7.20. The Morgan fingerprint density at radius 3 is 3.00 bits per heavy atom. The van der Waals surface area contributed by atoms with Crippen molar-refractivity contribution < 1.29 is 9.66 Å². The van der Waals surface area contributed by atoms with Crippen LogP contribution in [-0.2, 0) is 12.8 Å². The number of aromatic nitrogens is 2. The van der Waals surface area contributed by atoms with Crippen LogP contribution in [-0.4, -0.2) is 28.0 Å². The quantitative estimate of drug-likeness (QED) is 0.501. The minimum absolute atomic E-state index is 0.0343. The first-order valence-electron chi connectivity index (χ1n) is 7.68. The molecule has 0 aliphatic heterocycles. The molecule has 0 unspecified atom stereocenters. The molecule has 3 rings (SSSR count). The molecule has 0 atom stereocenters. The van der Waals surface area contributed by atoms with Crippen LogP contribution in [0.15, 0.2) is 30.6 Å². The van der Waals surface area contributed by atoms with E-state index in [0.717, 1.165) is 36.9 Å². The summed E-state index contributed by atoms with van der Waals surface area (Å²) in [5.74, 6) is 0.993. The lowest BCUT2D eigenvalue weighted by molar-refractivity contribution is -0.384. The Hall–Kier alpha value is -2.70. The number of nitro groups is 1. The lowest BCUT2D eigenvalue weighted by atomic mass is 9.96. The van der Waals surface area contributed by atoms with Gasteiger partial charge in [-0.15, -0.1) is 0 Å². The van der Waals surface area contributed by atoms with Crippen molar-refractivity contribution in [3.8, 4) is 5.75 Å². The van der Waals surface area contributed by atoms with Gasteiger partial charge in [0.1, 0.15) is 12.4 Å². The van der Waals surface area contributed by atoms with Crippen LogP contribution >= 0.6 is 0 Å². The summed E-state index contributed by atoms with van der Waals surface area (Å²) in [5, 5.41) is 14.3. The number of hydrogen-bond acceptors (Lipinski definition) is 6. The maximum Gasteiger partial charge on any atom is 0.311 e. The second kappa shape index (κ2) is 7.04. The Kier molecular flexibility index (Phi) is 4.65. The molecular weight excluding hydrogens is 296 g/mol. The maximum absolute atomic E-state index is 11.2. The molecule has 0 fully saturated rings. The van der Waals surface area contributed by atoms with Gasteiger partial charge < -0.3 is 10.1 Å². The second-order valence-corrected chi connectivity index (χ2v) is 5.39. The Labute approximate surface area is 133 Å². The Morgan fingerprint density at radius 1 is 1.35 bits per heavy atom. The van der Waals surface area contributed by atoms with E-state index in [4.69, 9.17) is 4.74 Å². The molecule has 23 heavy (non-hydrogen) atoms. The van der Waals surface area contributed by atoms with E-state index < -0.39 is 0 Å². The molecule has 7 heteroatoms. The molecule has 0 spiro atoms. The Morgan fingerprint density at radius 2 is 2.22 bits per heavy atom. The summed E-state index contributed by atoms with van der Waals surface area (Å²) in [6.45, 7) is 0.809. The lowest BCUT2D eigenvalue weighted by Gasteiger charge is -2.16. The number of nitrogens with one attached hydrogen (secondary N) is 1. The summed E-state index contributed by atoms with van der Waals surface area (Å²) in [5.41, 5.74) is 2.00. The van der Waals surface area contributed by atoms with Gasteiger partial charge >= 0.3 is 5.69 Å².